The predicted molar refractivity (Wildman–Crippen MR) is 89.0 cm³/mol. The van der Waals surface area contributed by atoms with Gasteiger partial charge in [-0.05, 0) is 37.3 Å². The summed E-state index contributed by atoms with van der Waals surface area (Å²) < 4.78 is 2.07. The molecule has 0 bridgehead atoms. The number of pyridine rings is 1. The zero-order chi connectivity index (χ0) is 15.3. The summed E-state index contributed by atoms with van der Waals surface area (Å²) in [5.74, 6) is 1.05. The van der Waals surface area contributed by atoms with Gasteiger partial charge in [-0.2, -0.15) is 0 Å². The number of aryl methyl sites for hydroxylation is 1. The van der Waals surface area contributed by atoms with Crippen molar-refractivity contribution in [1.29, 1.82) is 0 Å². The minimum Gasteiger partial charge on any atom is -0.390 e. The molecule has 4 rings (SSSR count). The topological polar surface area (TPSA) is 41.3 Å². The van der Waals surface area contributed by atoms with Crippen LogP contribution in [0.4, 0.5) is 5.69 Å². The summed E-state index contributed by atoms with van der Waals surface area (Å²) in [4.78, 5) is 6.97. The van der Waals surface area contributed by atoms with Crippen molar-refractivity contribution in [3.63, 3.8) is 0 Å². The van der Waals surface area contributed by atoms with Crippen molar-refractivity contribution >= 4 is 16.7 Å². The average molecular weight is 299 g/mol. The first kappa shape index (κ1) is 14.1. The Bertz CT molecular complexity index is 695. The molecule has 1 saturated heterocycles. The standard InChI is InChI=1S/C18H25N3O/c1-3-18(22)8-4-5-13-11-21(12-15(13)18)16-6-9-19-17-14(16)7-10-20(17)2/h6-7,9-10,13,15,22H,3-5,8,11-12H2,1-2H3/t13-,15+,18-/m0/s1. The van der Waals surface area contributed by atoms with Gasteiger partial charge in [-0.1, -0.05) is 13.3 Å². The lowest BCUT2D eigenvalue weighted by Gasteiger charge is -2.40. The van der Waals surface area contributed by atoms with Gasteiger partial charge in [0.1, 0.15) is 5.65 Å². The van der Waals surface area contributed by atoms with Gasteiger partial charge in [-0.15, -0.1) is 0 Å². The maximum absolute atomic E-state index is 11.0. The molecule has 3 heterocycles. The molecular formula is C18H25N3O. The van der Waals surface area contributed by atoms with E-state index < -0.39 is 5.60 Å². The van der Waals surface area contributed by atoms with E-state index in [1.54, 1.807) is 0 Å². The molecule has 0 spiro atoms. The van der Waals surface area contributed by atoms with Gasteiger partial charge in [-0.3, -0.25) is 0 Å². The van der Waals surface area contributed by atoms with E-state index in [0.717, 1.165) is 38.0 Å². The van der Waals surface area contributed by atoms with Crippen molar-refractivity contribution in [1.82, 2.24) is 9.55 Å². The van der Waals surface area contributed by atoms with Gasteiger partial charge < -0.3 is 14.6 Å². The van der Waals surface area contributed by atoms with E-state index >= 15 is 0 Å². The SMILES string of the molecule is CC[C@]1(O)CCC[C@H]2CN(c3ccnc4c3ccn4C)C[C@H]21. The lowest BCUT2D eigenvalue weighted by atomic mass is 9.69. The summed E-state index contributed by atoms with van der Waals surface area (Å²) in [5.41, 5.74) is 1.86. The third kappa shape index (κ3) is 1.97. The number of aromatic nitrogens is 2. The third-order valence-electron chi connectivity index (χ3n) is 6.01. The lowest BCUT2D eigenvalue weighted by molar-refractivity contribution is -0.0597. The van der Waals surface area contributed by atoms with E-state index in [9.17, 15) is 5.11 Å². The van der Waals surface area contributed by atoms with Gasteiger partial charge >= 0.3 is 0 Å². The fraction of sp³-hybridized carbons (Fsp3) is 0.611. The largest absolute Gasteiger partial charge is 0.390 e. The molecule has 2 fully saturated rings. The average Bonchev–Trinajstić information content (AvgIpc) is 3.13. The Balaban J connectivity index is 1.70. The van der Waals surface area contributed by atoms with Crippen molar-refractivity contribution in [2.75, 3.05) is 18.0 Å². The van der Waals surface area contributed by atoms with Crippen LogP contribution in [0.25, 0.3) is 11.0 Å². The van der Waals surface area contributed by atoms with Gasteiger partial charge in [0.05, 0.1) is 5.60 Å². The molecule has 1 N–H and O–H groups in total. The van der Waals surface area contributed by atoms with Crippen molar-refractivity contribution < 1.29 is 5.11 Å². The van der Waals surface area contributed by atoms with E-state index in [2.05, 4.69) is 39.7 Å². The first-order valence-electron chi connectivity index (χ1n) is 8.50. The second-order valence-corrected chi connectivity index (χ2v) is 7.11. The Hall–Kier alpha value is -1.55. The van der Waals surface area contributed by atoms with Crippen LogP contribution in [0.3, 0.4) is 0 Å². The summed E-state index contributed by atoms with van der Waals surface area (Å²) in [6.07, 6.45) is 8.25. The van der Waals surface area contributed by atoms with Crippen LogP contribution in [0.5, 0.6) is 0 Å². The quantitative estimate of drug-likeness (QED) is 0.927. The summed E-state index contributed by atoms with van der Waals surface area (Å²) in [6, 6.07) is 4.29. The summed E-state index contributed by atoms with van der Waals surface area (Å²) in [5, 5.41) is 12.2. The van der Waals surface area contributed by atoms with Gasteiger partial charge in [0.15, 0.2) is 0 Å². The fourth-order valence-corrected chi connectivity index (χ4v) is 4.69. The van der Waals surface area contributed by atoms with Crippen molar-refractivity contribution in [3.05, 3.63) is 24.5 Å². The van der Waals surface area contributed by atoms with E-state index in [1.807, 2.05) is 13.2 Å². The number of nitrogens with zero attached hydrogens (tertiary/aromatic N) is 3. The molecule has 4 heteroatoms. The molecule has 3 atom stereocenters. The molecule has 0 aromatic carbocycles. The lowest BCUT2D eigenvalue weighted by Crippen LogP contribution is -2.44. The fourth-order valence-electron chi connectivity index (χ4n) is 4.69. The molecule has 2 aliphatic rings. The van der Waals surface area contributed by atoms with Crippen LogP contribution in [0, 0.1) is 11.8 Å². The van der Waals surface area contributed by atoms with E-state index in [1.165, 1.54) is 17.5 Å². The number of hydrogen-bond acceptors (Lipinski definition) is 3. The maximum atomic E-state index is 11.0. The molecule has 2 aromatic rings. The second kappa shape index (κ2) is 4.98. The molecule has 0 amide bonds. The number of aliphatic hydroxyl groups is 1. The molecule has 2 aromatic heterocycles. The molecule has 118 valence electrons. The van der Waals surface area contributed by atoms with Crippen LogP contribution in [-0.2, 0) is 7.05 Å². The monoisotopic (exact) mass is 299 g/mol. The van der Waals surface area contributed by atoms with Crippen LogP contribution in [0.2, 0.25) is 0 Å². The van der Waals surface area contributed by atoms with Crippen LogP contribution in [0.15, 0.2) is 24.5 Å². The predicted octanol–water partition coefficient (Wildman–Crippen LogP) is 2.95. The van der Waals surface area contributed by atoms with Gasteiger partial charge in [-0.25, -0.2) is 4.98 Å². The molecule has 1 aliphatic heterocycles. The molecule has 22 heavy (non-hydrogen) atoms. The Morgan fingerprint density at radius 3 is 3.05 bits per heavy atom. The zero-order valence-corrected chi connectivity index (χ0v) is 13.5. The number of hydrogen-bond donors (Lipinski definition) is 1. The van der Waals surface area contributed by atoms with Crippen molar-refractivity contribution in [2.24, 2.45) is 18.9 Å². The maximum Gasteiger partial charge on any atom is 0.141 e. The highest BCUT2D eigenvalue weighted by atomic mass is 16.3. The molecule has 0 radical (unpaired) electrons. The Morgan fingerprint density at radius 1 is 1.36 bits per heavy atom. The summed E-state index contributed by atoms with van der Waals surface area (Å²) in [6.45, 7) is 4.18. The van der Waals surface area contributed by atoms with E-state index in [-0.39, 0.29) is 0 Å². The highest BCUT2D eigenvalue weighted by Gasteiger charge is 2.47. The molecule has 1 saturated carbocycles. The molecular weight excluding hydrogens is 274 g/mol. The van der Waals surface area contributed by atoms with Crippen LogP contribution >= 0.6 is 0 Å². The summed E-state index contributed by atoms with van der Waals surface area (Å²) in [7, 11) is 2.04. The van der Waals surface area contributed by atoms with Gasteiger partial charge in [0.2, 0.25) is 0 Å². The minimum absolute atomic E-state index is 0.415. The molecule has 1 aliphatic carbocycles. The second-order valence-electron chi connectivity index (χ2n) is 7.11. The molecule has 4 nitrogen and oxygen atoms in total. The highest BCUT2D eigenvalue weighted by molar-refractivity contribution is 5.90. The van der Waals surface area contributed by atoms with Gasteiger partial charge in [0, 0.05) is 49.5 Å². The first-order valence-corrected chi connectivity index (χ1v) is 8.50. The van der Waals surface area contributed by atoms with Crippen LogP contribution in [-0.4, -0.2) is 33.3 Å². The number of anilines is 1. The Labute approximate surface area is 131 Å². The Kier molecular flexibility index (Phi) is 3.19. The zero-order valence-electron chi connectivity index (χ0n) is 13.5. The van der Waals surface area contributed by atoms with E-state index in [0.29, 0.717) is 11.8 Å². The van der Waals surface area contributed by atoms with Crippen LogP contribution < -0.4 is 4.90 Å². The van der Waals surface area contributed by atoms with Crippen LogP contribution in [0.1, 0.15) is 32.6 Å². The third-order valence-corrected chi connectivity index (χ3v) is 6.01. The summed E-state index contributed by atoms with van der Waals surface area (Å²) >= 11 is 0. The number of rotatable bonds is 2. The Morgan fingerprint density at radius 2 is 2.23 bits per heavy atom. The smallest absolute Gasteiger partial charge is 0.141 e. The normalized spacial score (nSPS) is 31.7. The molecule has 0 unspecified atom stereocenters. The van der Waals surface area contributed by atoms with E-state index in [4.69, 9.17) is 0 Å². The highest BCUT2D eigenvalue weighted by Crippen LogP contribution is 2.46. The van der Waals surface area contributed by atoms with Gasteiger partial charge in [0.25, 0.3) is 0 Å². The van der Waals surface area contributed by atoms with Crippen molar-refractivity contribution in [2.45, 2.75) is 38.2 Å². The first-order chi connectivity index (χ1) is 10.6. The van der Waals surface area contributed by atoms with Crippen molar-refractivity contribution in [3.8, 4) is 0 Å². The number of fused-ring (bicyclic) bond motifs is 2. The minimum atomic E-state index is -0.458.